The number of hydrogen-bond acceptors (Lipinski definition) is 7. The van der Waals surface area contributed by atoms with Crippen LogP contribution < -0.4 is 9.80 Å². The molecule has 3 unspecified atom stereocenters. The molecule has 4 atom stereocenters. The summed E-state index contributed by atoms with van der Waals surface area (Å²) in [7, 11) is 0. The number of anilines is 2. The van der Waals surface area contributed by atoms with E-state index < -0.39 is 11.9 Å². The van der Waals surface area contributed by atoms with Gasteiger partial charge in [0, 0.05) is 30.0 Å². The summed E-state index contributed by atoms with van der Waals surface area (Å²) >= 11 is 1.83. The van der Waals surface area contributed by atoms with Gasteiger partial charge < -0.3 is 14.5 Å². The zero-order valence-corrected chi connectivity index (χ0v) is 20.4. The monoisotopic (exact) mass is 507 g/mol. The van der Waals surface area contributed by atoms with E-state index in [2.05, 4.69) is 38.3 Å². The van der Waals surface area contributed by atoms with Crippen LogP contribution >= 0.6 is 11.8 Å². The fourth-order valence-corrected chi connectivity index (χ4v) is 6.69. The van der Waals surface area contributed by atoms with Crippen LogP contribution in [0.3, 0.4) is 0 Å². The molecule has 6 heterocycles. The van der Waals surface area contributed by atoms with Crippen LogP contribution in [0.1, 0.15) is 38.3 Å². The van der Waals surface area contributed by atoms with E-state index in [1.54, 1.807) is 6.07 Å². The minimum Gasteiger partial charge on any atom is -0.377 e. The van der Waals surface area contributed by atoms with Gasteiger partial charge in [-0.3, -0.25) is 5.10 Å². The van der Waals surface area contributed by atoms with E-state index in [0.29, 0.717) is 42.3 Å². The summed E-state index contributed by atoms with van der Waals surface area (Å²) in [6.07, 6.45) is 2.78. The number of alkyl halides is 3. The third kappa shape index (κ3) is 3.85. The summed E-state index contributed by atoms with van der Waals surface area (Å²) in [5.41, 5.74) is -0.166. The molecular formula is C23H28F3N7OS. The first-order valence-electron chi connectivity index (χ1n) is 12.0. The number of H-pyrrole nitrogens is 1. The number of halogens is 3. The van der Waals surface area contributed by atoms with E-state index in [9.17, 15) is 13.2 Å². The predicted molar refractivity (Wildman–Crippen MR) is 129 cm³/mol. The van der Waals surface area contributed by atoms with Gasteiger partial charge in [-0.2, -0.15) is 39.8 Å². The fraction of sp³-hybridized carbons (Fsp3) is 0.609. The van der Waals surface area contributed by atoms with E-state index in [1.165, 1.54) is 10.9 Å². The highest BCUT2D eigenvalue weighted by Gasteiger charge is 2.43. The zero-order chi connectivity index (χ0) is 24.3. The first-order chi connectivity index (χ1) is 16.8. The van der Waals surface area contributed by atoms with E-state index in [4.69, 9.17) is 9.72 Å². The van der Waals surface area contributed by atoms with Crippen LogP contribution in [0.25, 0.3) is 16.9 Å². The Morgan fingerprint density at radius 1 is 1.17 bits per heavy atom. The van der Waals surface area contributed by atoms with E-state index >= 15 is 0 Å². The van der Waals surface area contributed by atoms with E-state index in [0.717, 1.165) is 25.7 Å². The van der Waals surface area contributed by atoms with Crippen molar-refractivity contribution in [2.24, 2.45) is 0 Å². The van der Waals surface area contributed by atoms with Gasteiger partial charge in [-0.05, 0) is 38.9 Å². The molecule has 35 heavy (non-hydrogen) atoms. The summed E-state index contributed by atoms with van der Waals surface area (Å²) in [6.45, 7) is 4.00. The summed E-state index contributed by atoms with van der Waals surface area (Å²) in [5.74, 6) is 1.04. The Kier molecular flexibility index (Phi) is 5.63. The number of pyridine rings is 1. The molecule has 0 spiro atoms. The lowest BCUT2D eigenvalue weighted by Crippen LogP contribution is -2.46. The van der Waals surface area contributed by atoms with Crippen LogP contribution in [-0.2, 0) is 10.9 Å². The molecule has 3 aliphatic rings. The number of morpholine rings is 1. The van der Waals surface area contributed by atoms with Crippen LogP contribution in [-0.4, -0.2) is 74.4 Å². The molecule has 3 saturated heterocycles. The Balaban J connectivity index is 1.59. The molecular weight excluding hydrogens is 479 g/mol. The number of piperidine rings is 1. The van der Waals surface area contributed by atoms with Crippen molar-refractivity contribution in [3.63, 3.8) is 0 Å². The molecule has 188 valence electrons. The van der Waals surface area contributed by atoms with E-state index in [1.807, 2.05) is 17.8 Å². The highest BCUT2D eigenvalue weighted by atomic mass is 32.2. The lowest BCUT2D eigenvalue weighted by Gasteiger charge is -2.40. The number of thioether (sulfide) groups is 1. The standard InChI is InChI=1S/C23H28F3N7OS/c1-13-9-16(35-2)6-8-31(13)17-10-19(32-14-3-4-15(32)12-34-11-14)28-22-20(17)21(23(24,25)26)30-33(22)18-5-7-27-29-18/h5,7,10,13-16H,3-4,6,8-9,11-12H2,1-2H3,(H,27,29)/t13-,14?,15?,16?/m1/s1. The topological polar surface area (TPSA) is 75.1 Å². The number of nitrogens with zero attached hydrogens (tertiary/aromatic N) is 6. The molecule has 0 amide bonds. The molecule has 0 aliphatic carbocycles. The van der Waals surface area contributed by atoms with Gasteiger partial charge in [0.2, 0.25) is 0 Å². The van der Waals surface area contributed by atoms with Crippen molar-refractivity contribution in [1.82, 2.24) is 25.0 Å². The van der Waals surface area contributed by atoms with Gasteiger partial charge in [-0.15, -0.1) is 0 Å². The zero-order valence-electron chi connectivity index (χ0n) is 19.6. The second-order valence-electron chi connectivity index (χ2n) is 9.65. The first-order valence-corrected chi connectivity index (χ1v) is 13.3. The molecule has 0 aromatic carbocycles. The normalized spacial score (nSPS) is 27.2. The van der Waals surface area contributed by atoms with E-state index in [-0.39, 0.29) is 29.2 Å². The number of nitrogens with one attached hydrogen (secondary N) is 1. The Hall–Kier alpha value is -2.47. The van der Waals surface area contributed by atoms with Crippen molar-refractivity contribution >= 4 is 34.3 Å². The predicted octanol–water partition coefficient (Wildman–Crippen LogP) is 4.25. The summed E-state index contributed by atoms with van der Waals surface area (Å²) < 4.78 is 50.0. The Bertz CT molecular complexity index is 1200. The van der Waals surface area contributed by atoms with Crippen molar-refractivity contribution in [3.05, 3.63) is 24.0 Å². The summed E-state index contributed by atoms with van der Waals surface area (Å²) in [4.78, 5) is 9.21. The van der Waals surface area contributed by atoms with Crippen LogP contribution in [0.15, 0.2) is 18.3 Å². The molecule has 0 saturated carbocycles. The lowest BCUT2D eigenvalue weighted by molar-refractivity contribution is -0.140. The number of aromatic nitrogens is 5. The maximum Gasteiger partial charge on any atom is 0.435 e. The Morgan fingerprint density at radius 2 is 1.94 bits per heavy atom. The van der Waals surface area contributed by atoms with Gasteiger partial charge in [-0.25, -0.2) is 4.98 Å². The summed E-state index contributed by atoms with van der Waals surface area (Å²) in [6, 6.07) is 3.92. The van der Waals surface area contributed by atoms with Crippen LogP contribution in [0.5, 0.6) is 0 Å². The smallest absolute Gasteiger partial charge is 0.377 e. The largest absolute Gasteiger partial charge is 0.435 e. The van der Waals surface area contributed by atoms with Crippen LogP contribution in [0, 0.1) is 0 Å². The third-order valence-corrected chi connectivity index (χ3v) is 8.66. The molecule has 3 aliphatic heterocycles. The quantitative estimate of drug-likeness (QED) is 0.566. The lowest BCUT2D eigenvalue weighted by atomic mass is 10.0. The number of fused-ring (bicyclic) bond motifs is 3. The molecule has 3 fully saturated rings. The van der Waals surface area contributed by atoms with Gasteiger partial charge in [0.1, 0.15) is 5.82 Å². The molecule has 0 radical (unpaired) electrons. The second kappa shape index (κ2) is 8.58. The summed E-state index contributed by atoms with van der Waals surface area (Å²) in [5, 5.41) is 11.3. The highest BCUT2D eigenvalue weighted by molar-refractivity contribution is 7.99. The van der Waals surface area contributed by atoms with Gasteiger partial charge in [0.15, 0.2) is 17.2 Å². The molecule has 3 aromatic rings. The Morgan fingerprint density at radius 3 is 2.57 bits per heavy atom. The van der Waals surface area contributed by atoms with Crippen LogP contribution in [0.4, 0.5) is 24.7 Å². The second-order valence-corrected chi connectivity index (χ2v) is 10.8. The molecule has 12 heteroatoms. The van der Waals surface area contributed by atoms with Gasteiger partial charge >= 0.3 is 6.18 Å². The average molecular weight is 508 g/mol. The molecule has 8 nitrogen and oxygen atoms in total. The van der Waals surface area contributed by atoms with Gasteiger partial charge in [0.25, 0.3) is 0 Å². The van der Waals surface area contributed by atoms with Crippen molar-refractivity contribution < 1.29 is 17.9 Å². The highest BCUT2D eigenvalue weighted by Crippen LogP contribution is 2.44. The first kappa shape index (κ1) is 23.0. The van der Waals surface area contributed by atoms with Gasteiger partial charge in [-0.1, -0.05) is 0 Å². The minimum absolute atomic E-state index is 0.0471. The maximum absolute atomic E-state index is 14.3. The van der Waals surface area contributed by atoms with Crippen LogP contribution in [0.2, 0.25) is 0 Å². The number of ether oxygens (including phenoxy) is 1. The Labute approximate surface area is 205 Å². The third-order valence-electron chi connectivity index (χ3n) is 7.56. The van der Waals surface area contributed by atoms with Crippen molar-refractivity contribution in [2.45, 2.75) is 62.2 Å². The average Bonchev–Trinajstić information content (AvgIpc) is 3.54. The molecule has 1 N–H and O–H groups in total. The SMILES string of the molecule is CSC1CCN(c2cc(N3C4CCC3COC4)nc3c2c(C(F)(F)F)nn3-c2ccn[nH]2)[C@H](C)C1. The van der Waals surface area contributed by atoms with Crippen molar-refractivity contribution in [2.75, 3.05) is 35.8 Å². The number of rotatable bonds is 4. The fourth-order valence-electron chi connectivity index (χ4n) is 5.88. The molecule has 3 aromatic heterocycles. The number of aromatic amines is 1. The van der Waals surface area contributed by atoms with Gasteiger partial charge in [0.05, 0.1) is 42.6 Å². The van der Waals surface area contributed by atoms with Crippen molar-refractivity contribution in [3.8, 4) is 5.82 Å². The van der Waals surface area contributed by atoms with Crippen molar-refractivity contribution in [1.29, 1.82) is 0 Å². The number of hydrogen-bond donors (Lipinski definition) is 1. The minimum atomic E-state index is -4.62. The maximum atomic E-state index is 14.3. The molecule has 2 bridgehead atoms. The molecule has 6 rings (SSSR count).